The van der Waals surface area contributed by atoms with E-state index in [1.54, 1.807) is 0 Å². The van der Waals surface area contributed by atoms with Crippen molar-refractivity contribution in [2.75, 3.05) is 6.61 Å². The van der Waals surface area contributed by atoms with Gasteiger partial charge in [0.1, 0.15) is 0 Å². The fraction of sp³-hybridized carbons (Fsp3) is 0.462. The minimum Gasteiger partial charge on any atom is -0.462 e. The molecule has 0 spiro atoms. The Morgan fingerprint density at radius 1 is 1.40 bits per heavy atom. The molecule has 2 heteroatoms. The smallest absolute Gasteiger partial charge is 0.338 e. The van der Waals surface area contributed by atoms with Crippen molar-refractivity contribution in [3.05, 3.63) is 35.4 Å². The first-order valence-corrected chi connectivity index (χ1v) is 5.50. The van der Waals surface area contributed by atoms with Gasteiger partial charge < -0.3 is 4.74 Å². The van der Waals surface area contributed by atoms with E-state index in [1.807, 2.05) is 31.2 Å². The fourth-order valence-electron chi connectivity index (χ4n) is 1.73. The number of aryl methyl sites for hydroxylation is 1. The molecule has 0 amide bonds. The molecule has 80 valence electrons. The lowest BCUT2D eigenvalue weighted by Gasteiger charge is -2.24. The van der Waals surface area contributed by atoms with Crippen LogP contribution in [0.5, 0.6) is 0 Å². The molecule has 0 saturated heterocycles. The van der Waals surface area contributed by atoms with Gasteiger partial charge in [0.05, 0.1) is 12.2 Å². The van der Waals surface area contributed by atoms with Gasteiger partial charge in [-0.3, -0.25) is 0 Å². The zero-order valence-electron chi connectivity index (χ0n) is 9.03. The Hall–Kier alpha value is -1.31. The minimum atomic E-state index is -0.181. The zero-order valence-corrected chi connectivity index (χ0v) is 9.03. The second-order valence-corrected chi connectivity index (χ2v) is 4.21. The Morgan fingerprint density at radius 3 is 2.73 bits per heavy atom. The van der Waals surface area contributed by atoms with Crippen LogP contribution < -0.4 is 0 Å². The molecule has 0 bridgehead atoms. The van der Waals surface area contributed by atoms with Crippen LogP contribution in [0.2, 0.25) is 0 Å². The van der Waals surface area contributed by atoms with E-state index >= 15 is 0 Å². The molecule has 1 aromatic rings. The second kappa shape index (κ2) is 4.47. The summed E-state index contributed by atoms with van der Waals surface area (Å²) in [6.45, 7) is 2.52. The molecule has 1 aromatic carbocycles. The van der Waals surface area contributed by atoms with E-state index in [-0.39, 0.29) is 5.97 Å². The second-order valence-electron chi connectivity index (χ2n) is 4.21. The van der Waals surface area contributed by atoms with Crippen molar-refractivity contribution in [3.8, 4) is 0 Å². The van der Waals surface area contributed by atoms with E-state index in [0.29, 0.717) is 18.1 Å². The van der Waals surface area contributed by atoms with E-state index in [9.17, 15) is 4.79 Å². The van der Waals surface area contributed by atoms with Crippen LogP contribution in [0.15, 0.2) is 24.3 Å². The van der Waals surface area contributed by atoms with Crippen molar-refractivity contribution in [2.24, 2.45) is 5.92 Å². The third-order valence-electron chi connectivity index (χ3n) is 3.04. The molecular formula is C13H16O2. The molecule has 1 fully saturated rings. The molecule has 1 aliphatic rings. The predicted octanol–water partition coefficient (Wildman–Crippen LogP) is 2.95. The summed E-state index contributed by atoms with van der Waals surface area (Å²) in [7, 11) is 0. The van der Waals surface area contributed by atoms with Gasteiger partial charge in [0.15, 0.2) is 0 Å². The van der Waals surface area contributed by atoms with Gasteiger partial charge in [-0.05, 0) is 37.3 Å². The largest absolute Gasteiger partial charge is 0.462 e. The van der Waals surface area contributed by atoms with E-state index in [2.05, 4.69) is 0 Å². The van der Waals surface area contributed by atoms with E-state index < -0.39 is 0 Å². The summed E-state index contributed by atoms with van der Waals surface area (Å²) >= 11 is 0. The topological polar surface area (TPSA) is 26.3 Å². The highest BCUT2D eigenvalue weighted by Gasteiger charge is 2.19. The zero-order chi connectivity index (χ0) is 10.7. The van der Waals surface area contributed by atoms with Gasteiger partial charge in [-0.25, -0.2) is 4.79 Å². The van der Waals surface area contributed by atoms with Crippen molar-refractivity contribution in [3.63, 3.8) is 0 Å². The Balaban J connectivity index is 1.92. The van der Waals surface area contributed by atoms with Gasteiger partial charge >= 0.3 is 5.97 Å². The Labute approximate surface area is 90.3 Å². The first-order chi connectivity index (χ1) is 7.27. The summed E-state index contributed by atoms with van der Waals surface area (Å²) in [6.07, 6.45) is 3.70. The maximum Gasteiger partial charge on any atom is 0.338 e. The third-order valence-corrected chi connectivity index (χ3v) is 3.04. The van der Waals surface area contributed by atoms with Crippen molar-refractivity contribution < 1.29 is 9.53 Å². The number of benzene rings is 1. The lowest BCUT2D eigenvalue weighted by atomic mass is 9.86. The molecule has 0 aromatic heterocycles. The summed E-state index contributed by atoms with van der Waals surface area (Å²) in [5, 5.41) is 0. The highest BCUT2D eigenvalue weighted by Crippen LogP contribution is 2.26. The van der Waals surface area contributed by atoms with Crippen LogP contribution >= 0.6 is 0 Å². The van der Waals surface area contributed by atoms with Crippen molar-refractivity contribution in [1.29, 1.82) is 0 Å². The van der Waals surface area contributed by atoms with E-state index in [4.69, 9.17) is 4.74 Å². The number of hydrogen-bond donors (Lipinski definition) is 0. The third kappa shape index (κ3) is 2.38. The molecule has 0 atom stereocenters. The van der Waals surface area contributed by atoms with Crippen LogP contribution in [0.3, 0.4) is 0 Å². The maximum absolute atomic E-state index is 11.7. The summed E-state index contributed by atoms with van der Waals surface area (Å²) in [5.74, 6) is 0.429. The molecule has 15 heavy (non-hydrogen) atoms. The number of rotatable bonds is 3. The molecule has 0 aliphatic heterocycles. The Bertz CT molecular complexity index is 353. The maximum atomic E-state index is 11.7. The standard InChI is InChI=1S/C13H16O2/c1-10-5-2-3-8-12(10)13(14)15-9-11-6-4-7-11/h2-3,5,8,11H,4,6-7,9H2,1H3. The van der Waals surface area contributed by atoms with Gasteiger partial charge in [-0.15, -0.1) is 0 Å². The molecule has 2 rings (SSSR count). The molecule has 0 unspecified atom stereocenters. The van der Waals surface area contributed by atoms with Crippen molar-refractivity contribution in [2.45, 2.75) is 26.2 Å². The molecule has 0 radical (unpaired) electrons. The molecule has 1 saturated carbocycles. The van der Waals surface area contributed by atoms with Crippen molar-refractivity contribution >= 4 is 5.97 Å². The van der Waals surface area contributed by atoms with E-state index in [1.165, 1.54) is 19.3 Å². The van der Waals surface area contributed by atoms with Gasteiger partial charge in [0.2, 0.25) is 0 Å². The lowest BCUT2D eigenvalue weighted by Crippen LogP contribution is -2.20. The van der Waals surface area contributed by atoms with Crippen LogP contribution in [0, 0.1) is 12.8 Å². The van der Waals surface area contributed by atoms with Crippen LogP contribution in [0.1, 0.15) is 35.2 Å². The van der Waals surface area contributed by atoms with Gasteiger partial charge in [-0.2, -0.15) is 0 Å². The number of carbonyl (C=O) groups excluding carboxylic acids is 1. The van der Waals surface area contributed by atoms with Gasteiger partial charge in [-0.1, -0.05) is 24.6 Å². The summed E-state index contributed by atoms with van der Waals surface area (Å²) in [4.78, 5) is 11.7. The first kappa shape index (κ1) is 10.2. The predicted molar refractivity (Wildman–Crippen MR) is 58.8 cm³/mol. The molecule has 2 nitrogen and oxygen atoms in total. The summed E-state index contributed by atoms with van der Waals surface area (Å²) in [5.41, 5.74) is 1.67. The lowest BCUT2D eigenvalue weighted by molar-refractivity contribution is 0.0371. The molecule has 0 N–H and O–H groups in total. The highest BCUT2D eigenvalue weighted by atomic mass is 16.5. The van der Waals surface area contributed by atoms with E-state index in [0.717, 1.165) is 5.56 Å². The number of carbonyl (C=O) groups is 1. The average molecular weight is 204 g/mol. The Kier molecular flexibility index (Phi) is 3.05. The van der Waals surface area contributed by atoms with Crippen LogP contribution in [-0.4, -0.2) is 12.6 Å². The number of esters is 1. The quantitative estimate of drug-likeness (QED) is 0.707. The van der Waals surface area contributed by atoms with Crippen LogP contribution in [0.4, 0.5) is 0 Å². The number of hydrogen-bond acceptors (Lipinski definition) is 2. The monoisotopic (exact) mass is 204 g/mol. The summed E-state index contributed by atoms with van der Waals surface area (Å²) < 4.78 is 5.27. The SMILES string of the molecule is Cc1ccccc1C(=O)OCC1CCC1. The number of ether oxygens (including phenoxy) is 1. The van der Waals surface area contributed by atoms with Crippen LogP contribution in [0.25, 0.3) is 0 Å². The van der Waals surface area contributed by atoms with Crippen LogP contribution in [-0.2, 0) is 4.74 Å². The van der Waals surface area contributed by atoms with Gasteiger partial charge in [0, 0.05) is 0 Å². The normalized spacial score (nSPS) is 15.8. The van der Waals surface area contributed by atoms with Gasteiger partial charge in [0.25, 0.3) is 0 Å². The molecule has 1 aliphatic carbocycles. The average Bonchev–Trinajstić information content (AvgIpc) is 2.16. The highest BCUT2D eigenvalue weighted by molar-refractivity contribution is 5.90. The molecular weight excluding hydrogens is 188 g/mol. The first-order valence-electron chi connectivity index (χ1n) is 5.50. The molecule has 0 heterocycles. The van der Waals surface area contributed by atoms with Crippen molar-refractivity contribution in [1.82, 2.24) is 0 Å². The fourth-order valence-corrected chi connectivity index (χ4v) is 1.73. The Morgan fingerprint density at radius 2 is 2.13 bits per heavy atom. The minimum absolute atomic E-state index is 0.181. The summed E-state index contributed by atoms with van der Waals surface area (Å²) in [6, 6.07) is 7.55.